The largest absolute Gasteiger partial charge is 0.408 e. The van der Waals surface area contributed by atoms with E-state index in [1.165, 1.54) is 7.05 Å². The summed E-state index contributed by atoms with van der Waals surface area (Å²) in [4.78, 5) is 1.13. The predicted octanol–water partition coefficient (Wildman–Crippen LogP) is 3.64. The van der Waals surface area contributed by atoms with Gasteiger partial charge in [0.15, 0.2) is 0 Å². The molecule has 0 saturated carbocycles. The SMILES string of the molecule is CNC(c1sc(C)cc1Br)C(F)(F)F. The van der Waals surface area contributed by atoms with Crippen LogP contribution in [0.2, 0.25) is 0 Å². The van der Waals surface area contributed by atoms with Gasteiger partial charge in [0.05, 0.1) is 0 Å². The molecule has 1 aromatic rings. The molecule has 0 aliphatic heterocycles. The summed E-state index contributed by atoms with van der Waals surface area (Å²) in [6.45, 7) is 1.78. The van der Waals surface area contributed by atoms with E-state index in [0.29, 0.717) is 4.47 Å². The molecule has 1 aromatic heterocycles. The quantitative estimate of drug-likeness (QED) is 0.876. The topological polar surface area (TPSA) is 12.0 Å². The standard InChI is InChI=1S/C8H9BrF3NS/c1-4-3-5(9)6(14-4)7(13-2)8(10,11)12/h3,7,13H,1-2H3. The Morgan fingerprint density at radius 2 is 2.07 bits per heavy atom. The lowest BCUT2D eigenvalue weighted by Gasteiger charge is -2.18. The van der Waals surface area contributed by atoms with E-state index in [4.69, 9.17) is 0 Å². The molecular weight excluding hydrogens is 279 g/mol. The van der Waals surface area contributed by atoms with Crippen LogP contribution in [0.1, 0.15) is 15.8 Å². The number of hydrogen-bond acceptors (Lipinski definition) is 2. The molecule has 1 atom stereocenters. The molecule has 6 heteroatoms. The summed E-state index contributed by atoms with van der Waals surface area (Å²) < 4.78 is 38.1. The van der Waals surface area contributed by atoms with Gasteiger partial charge in [-0.05, 0) is 36.0 Å². The molecule has 1 nitrogen and oxygen atoms in total. The van der Waals surface area contributed by atoms with Crippen molar-refractivity contribution in [2.75, 3.05) is 7.05 Å². The first kappa shape index (κ1) is 12.0. The first-order valence-electron chi connectivity index (χ1n) is 3.86. The third-order valence-electron chi connectivity index (χ3n) is 1.71. The van der Waals surface area contributed by atoms with Crippen molar-refractivity contribution in [1.29, 1.82) is 0 Å². The van der Waals surface area contributed by atoms with E-state index in [1.54, 1.807) is 13.0 Å². The van der Waals surface area contributed by atoms with Crippen LogP contribution in [-0.2, 0) is 0 Å². The summed E-state index contributed by atoms with van der Waals surface area (Å²) in [6.07, 6.45) is -4.26. The van der Waals surface area contributed by atoms with Crippen molar-refractivity contribution < 1.29 is 13.2 Å². The average molecular weight is 288 g/mol. The van der Waals surface area contributed by atoms with E-state index in [1.807, 2.05) is 0 Å². The van der Waals surface area contributed by atoms with Crippen LogP contribution < -0.4 is 5.32 Å². The fraction of sp³-hybridized carbons (Fsp3) is 0.500. The monoisotopic (exact) mass is 287 g/mol. The van der Waals surface area contributed by atoms with Crippen LogP contribution >= 0.6 is 27.3 Å². The molecule has 0 aliphatic rings. The fourth-order valence-corrected chi connectivity index (χ4v) is 3.16. The number of alkyl halides is 3. The Kier molecular flexibility index (Phi) is 3.60. The van der Waals surface area contributed by atoms with Gasteiger partial charge in [0.1, 0.15) is 6.04 Å². The number of halogens is 4. The fourth-order valence-electron chi connectivity index (χ4n) is 1.14. The summed E-state index contributed by atoms with van der Waals surface area (Å²) in [5.41, 5.74) is 0. The first-order chi connectivity index (χ1) is 6.36. The maximum absolute atomic E-state index is 12.5. The van der Waals surface area contributed by atoms with Gasteiger partial charge in [-0.25, -0.2) is 0 Å². The molecule has 0 aliphatic carbocycles. The molecule has 1 heterocycles. The Morgan fingerprint density at radius 3 is 2.36 bits per heavy atom. The van der Waals surface area contributed by atoms with E-state index in [-0.39, 0.29) is 4.88 Å². The Morgan fingerprint density at radius 1 is 1.50 bits per heavy atom. The number of rotatable bonds is 2. The highest BCUT2D eigenvalue weighted by atomic mass is 79.9. The highest BCUT2D eigenvalue weighted by Crippen LogP contribution is 2.40. The van der Waals surface area contributed by atoms with Crippen LogP contribution in [0.4, 0.5) is 13.2 Å². The van der Waals surface area contributed by atoms with Gasteiger partial charge in [0.25, 0.3) is 0 Å². The van der Waals surface area contributed by atoms with E-state index in [2.05, 4.69) is 21.2 Å². The van der Waals surface area contributed by atoms with Crippen LogP contribution in [0.3, 0.4) is 0 Å². The van der Waals surface area contributed by atoms with E-state index in [0.717, 1.165) is 16.2 Å². The first-order valence-corrected chi connectivity index (χ1v) is 5.47. The van der Waals surface area contributed by atoms with Gasteiger partial charge in [0.2, 0.25) is 0 Å². The predicted molar refractivity (Wildman–Crippen MR) is 54.6 cm³/mol. The van der Waals surface area contributed by atoms with Crippen molar-refractivity contribution in [3.8, 4) is 0 Å². The van der Waals surface area contributed by atoms with Crippen molar-refractivity contribution in [2.24, 2.45) is 0 Å². The molecule has 0 amide bonds. The summed E-state index contributed by atoms with van der Waals surface area (Å²) in [7, 11) is 1.31. The molecule has 1 N–H and O–H groups in total. The maximum atomic E-state index is 12.5. The molecule has 0 bridgehead atoms. The van der Waals surface area contributed by atoms with E-state index in [9.17, 15) is 13.2 Å². The minimum atomic E-state index is -4.26. The Labute approximate surface area is 92.4 Å². The lowest BCUT2D eigenvalue weighted by Crippen LogP contribution is -2.31. The third-order valence-corrected chi connectivity index (χ3v) is 3.75. The van der Waals surface area contributed by atoms with Crippen LogP contribution in [0.15, 0.2) is 10.5 Å². The van der Waals surface area contributed by atoms with Gasteiger partial charge in [-0.2, -0.15) is 13.2 Å². The molecule has 0 aromatic carbocycles. The summed E-state index contributed by atoms with van der Waals surface area (Å²) >= 11 is 4.27. The van der Waals surface area contributed by atoms with Crippen molar-refractivity contribution in [3.05, 3.63) is 20.3 Å². The minimum Gasteiger partial charge on any atom is -0.305 e. The molecule has 1 rings (SSSR count). The van der Waals surface area contributed by atoms with Crippen LogP contribution in [0.25, 0.3) is 0 Å². The Balaban J connectivity index is 3.07. The molecule has 80 valence electrons. The second-order valence-electron chi connectivity index (χ2n) is 2.83. The van der Waals surface area contributed by atoms with Gasteiger partial charge in [0, 0.05) is 14.2 Å². The summed E-state index contributed by atoms with van der Waals surface area (Å²) in [5.74, 6) is 0. The molecule has 14 heavy (non-hydrogen) atoms. The molecule has 0 radical (unpaired) electrons. The van der Waals surface area contributed by atoms with Gasteiger partial charge in [-0.1, -0.05) is 0 Å². The summed E-state index contributed by atoms with van der Waals surface area (Å²) in [6, 6.07) is 0.103. The van der Waals surface area contributed by atoms with Crippen LogP contribution in [-0.4, -0.2) is 13.2 Å². The number of hydrogen-bond donors (Lipinski definition) is 1. The minimum absolute atomic E-state index is 0.275. The zero-order valence-corrected chi connectivity index (χ0v) is 9.98. The Bertz CT molecular complexity index is 321. The van der Waals surface area contributed by atoms with Gasteiger partial charge < -0.3 is 5.32 Å². The molecule has 0 fully saturated rings. The van der Waals surface area contributed by atoms with Crippen molar-refractivity contribution in [1.82, 2.24) is 5.32 Å². The van der Waals surface area contributed by atoms with Crippen LogP contribution in [0, 0.1) is 6.92 Å². The third kappa shape index (κ3) is 2.49. The molecule has 0 saturated heterocycles. The van der Waals surface area contributed by atoms with Crippen LogP contribution in [0.5, 0.6) is 0 Å². The van der Waals surface area contributed by atoms with Gasteiger partial charge in [-0.15, -0.1) is 11.3 Å². The normalized spacial score (nSPS) is 14.4. The molecule has 1 unspecified atom stereocenters. The van der Waals surface area contributed by atoms with E-state index < -0.39 is 12.2 Å². The van der Waals surface area contributed by atoms with Gasteiger partial charge in [-0.3, -0.25) is 0 Å². The number of thiophene rings is 1. The maximum Gasteiger partial charge on any atom is 0.408 e. The molecule has 0 spiro atoms. The lowest BCUT2D eigenvalue weighted by atomic mass is 10.2. The number of aryl methyl sites for hydroxylation is 1. The highest BCUT2D eigenvalue weighted by molar-refractivity contribution is 9.10. The summed E-state index contributed by atoms with van der Waals surface area (Å²) in [5, 5.41) is 2.27. The van der Waals surface area contributed by atoms with Gasteiger partial charge >= 0.3 is 6.18 Å². The van der Waals surface area contributed by atoms with Crippen molar-refractivity contribution in [2.45, 2.75) is 19.1 Å². The Hall–Kier alpha value is -0.0700. The smallest absolute Gasteiger partial charge is 0.305 e. The second-order valence-corrected chi connectivity index (χ2v) is 4.97. The second kappa shape index (κ2) is 4.20. The zero-order valence-electron chi connectivity index (χ0n) is 7.57. The van der Waals surface area contributed by atoms with E-state index >= 15 is 0 Å². The van der Waals surface area contributed by atoms with Crippen molar-refractivity contribution in [3.63, 3.8) is 0 Å². The average Bonchev–Trinajstić information content (AvgIpc) is 2.29. The van der Waals surface area contributed by atoms with Crippen molar-refractivity contribution >= 4 is 27.3 Å². The molecular formula is C8H9BrF3NS. The zero-order chi connectivity index (χ0) is 10.9. The lowest BCUT2D eigenvalue weighted by molar-refractivity contribution is -0.155. The number of nitrogens with one attached hydrogen (secondary N) is 1. The highest BCUT2D eigenvalue weighted by Gasteiger charge is 2.41.